The van der Waals surface area contributed by atoms with Crippen LogP contribution in [0.4, 0.5) is 5.82 Å². The van der Waals surface area contributed by atoms with Crippen molar-refractivity contribution in [3.8, 4) is 0 Å². The molecular weight excluding hydrogens is 252 g/mol. The molecule has 20 heavy (non-hydrogen) atoms. The molecule has 0 bridgehead atoms. The Hall–Kier alpha value is -1.65. The molecule has 1 heterocycles. The predicted octanol–water partition coefficient (Wildman–Crippen LogP) is 2.56. The molecule has 0 radical (unpaired) electrons. The predicted molar refractivity (Wildman–Crippen MR) is 79.7 cm³/mol. The first-order valence-electron chi connectivity index (χ1n) is 7.59. The van der Waals surface area contributed by atoms with Crippen molar-refractivity contribution < 1.29 is 4.79 Å². The first kappa shape index (κ1) is 14.8. The van der Waals surface area contributed by atoms with Crippen molar-refractivity contribution in [1.29, 1.82) is 0 Å². The Morgan fingerprint density at radius 1 is 1.30 bits per heavy atom. The Labute approximate surface area is 120 Å². The lowest BCUT2D eigenvalue weighted by molar-refractivity contribution is 0.0741. The van der Waals surface area contributed by atoms with Crippen LogP contribution in [0.5, 0.6) is 0 Å². The van der Waals surface area contributed by atoms with Gasteiger partial charge in [0.1, 0.15) is 11.5 Å². The summed E-state index contributed by atoms with van der Waals surface area (Å²) in [7, 11) is 0. The van der Waals surface area contributed by atoms with Crippen molar-refractivity contribution in [2.75, 3.05) is 25.0 Å². The van der Waals surface area contributed by atoms with Gasteiger partial charge in [0, 0.05) is 19.6 Å². The third-order valence-corrected chi connectivity index (χ3v) is 3.38. The molecule has 1 saturated carbocycles. The molecule has 1 aliphatic carbocycles. The van der Waals surface area contributed by atoms with Crippen LogP contribution in [-0.2, 0) is 0 Å². The lowest BCUT2D eigenvalue weighted by Gasteiger charge is -2.21. The highest BCUT2D eigenvalue weighted by Crippen LogP contribution is 2.30. The number of nitrogens with zero attached hydrogens (tertiary/aromatic N) is 3. The lowest BCUT2D eigenvalue weighted by Crippen LogP contribution is -2.34. The van der Waals surface area contributed by atoms with E-state index in [0.717, 1.165) is 38.3 Å². The molecule has 1 fully saturated rings. The average molecular weight is 276 g/mol. The van der Waals surface area contributed by atoms with E-state index >= 15 is 0 Å². The number of hydrogen-bond donors (Lipinski definition) is 1. The molecule has 1 aliphatic rings. The molecule has 0 aliphatic heterocycles. The SMILES string of the molecule is CCCNc1cnc(C(=O)N(CCC)CC2CC2)cn1. The molecule has 1 aromatic rings. The number of carbonyl (C=O) groups is 1. The zero-order chi connectivity index (χ0) is 14.4. The van der Waals surface area contributed by atoms with Gasteiger partial charge >= 0.3 is 0 Å². The van der Waals surface area contributed by atoms with Crippen LogP contribution in [0.3, 0.4) is 0 Å². The fourth-order valence-electron chi connectivity index (χ4n) is 2.10. The van der Waals surface area contributed by atoms with Crippen LogP contribution in [0.1, 0.15) is 50.0 Å². The Bertz CT molecular complexity index is 428. The molecule has 1 aromatic heterocycles. The van der Waals surface area contributed by atoms with E-state index < -0.39 is 0 Å². The van der Waals surface area contributed by atoms with Crippen molar-refractivity contribution in [3.63, 3.8) is 0 Å². The smallest absolute Gasteiger partial charge is 0.274 e. The van der Waals surface area contributed by atoms with Gasteiger partial charge in [-0.15, -0.1) is 0 Å². The monoisotopic (exact) mass is 276 g/mol. The average Bonchev–Trinajstić information content (AvgIpc) is 3.28. The minimum Gasteiger partial charge on any atom is -0.369 e. The van der Waals surface area contributed by atoms with E-state index in [0.29, 0.717) is 11.6 Å². The van der Waals surface area contributed by atoms with Gasteiger partial charge < -0.3 is 10.2 Å². The highest BCUT2D eigenvalue weighted by molar-refractivity contribution is 5.92. The minimum absolute atomic E-state index is 0.00768. The molecular formula is C15H24N4O. The van der Waals surface area contributed by atoms with Crippen molar-refractivity contribution in [1.82, 2.24) is 14.9 Å². The van der Waals surface area contributed by atoms with Crippen LogP contribution in [0.15, 0.2) is 12.4 Å². The van der Waals surface area contributed by atoms with Crippen molar-refractivity contribution in [2.45, 2.75) is 39.5 Å². The number of hydrogen-bond acceptors (Lipinski definition) is 4. The summed E-state index contributed by atoms with van der Waals surface area (Å²) in [4.78, 5) is 22.8. The molecule has 5 heteroatoms. The molecule has 0 saturated heterocycles. The summed E-state index contributed by atoms with van der Waals surface area (Å²) < 4.78 is 0. The van der Waals surface area contributed by atoms with E-state index in [1.807, 2.05) is 4.90 Å². The number of anilines is 1. The molecule has 0 atom stereocenters. The van der Waals surface area contributed by atoms with E-state index in [1.54, 1.807) is 12.4 Å². The van der Waals surface area contributed by atoms with Gasteiger partial charge in [-0.2, -0.15) is 0 Å². The Balaban J connectivity index is 1.98. The van der Waals surface area contributed by atoms with Gasteiger partial charge in [0.05, 0.1) is 12.4 Å². The van der Waals surface area contributed by atoms with Gasteiger partial charge in [0.15, 0.2) is 0 Å². The number of aromatic nitrogens is 2. The normalized spacial score (nSPS) is 14.1. The zero-order valence-corrected chi connectivity index (χ0v) is 12.4. The quantitative estimate of drug-likeness (QED) is 0.793. The van der Waals surface area contributed by atoms with E-state index in [-0.39, 0.29) is 5.91 Å². The molecule has 1 amide bonds. The highest BCUT2D eigenvalue weighted by atomic mass is 16.2. The van der Waals surface area contributed by atoms with Gasteiger partial charge in [-0.3, -0.25) is 4.79 Å². The van der Waals surface area contributed by atoms with Gasteiger partial charge in [0.2, 0.25) is 0 Å². The minimum atomic E-state index is 0.00768. The number of nitrogens with one attached hydrogen (secondary N) is 1. The summed E-state index contributed by atoms with van der Waals surface area (Å²) in [5, 5.41) is 3.16. The van der Waals surface area contributed by atoms with Gasteiger partial charge in [-0.05, 0) is 31.6 Å². The van der Waals surface area contributed by atoms with Crippen molar-refractivity contribution in [3.05, 3.63) is 18.1 Å². The second-order valence-electron chi connectivity index (χ2n) is 5.41. The third kappa shape index (κ3) is 4.18. The maximum atomic E-state index is 12.4. The molecule has 0 aromatic carbocycles. The van der Waals surface area contributed by atoms with Crippen LogP contribution >= 0.6 is 0 Å². The summed E-state index contributed by atoms with van der Waals surface area (Å²) in [6.07, 6.45) is 7.73. The zero-order valence-electron chi connectivity index (χ0n) is 12.4. The van der Waals surface area contributed by atoms with E-state index in [4.69, 9.17) is 0 Å². The second-order valence-corrected chi connectivity index (χ2v) is 5.41. The summed E-state index contributed by atoms with van der Waals surface area (Å²) in [5.74, 6) is 1.44. The molecule has 1 N–H and O–H groups in total. The largest absolute Gasteiger partial charge is 0.369 e. The fraction of sp³-hybridized carbons (Fsp3) is 0.667. The fourth-order valence-corrected chi connectivity index (χ4v) is 2.10. The standard InChI is InChI=1S/C15H24N4O/c1-3-7-16-14-10-17-13(9-18-14)15(20)19(8-4-2)11-12-5-6-12/h9-10,12H,3-8,11H2,1-2H3,(H,16,18). The Morgan fingerprint density at radius 2 is 2.10 bits per heavy atom. The Kier molecular flexibility index (Phi) is 5.32. The lowest BCUT2D eigenvalue weighted by atomic mass is 10.3. The van der Waals surface area contributed by atoms with E-state index in [2.05, 4.69) is 29.1 Å². The van der Waals surface area contributed by atoms with Crippen LogP contribution in [0.2, 0.25) is 0 Å². The van der Waals surface area contributed by atoms with Gasteiger partial charge in [-0.1, -0.05) is 13.8 Å². The van der Waals surface area contributed by atoms with E-state index in [9.17, 15) is 4.79 Å². The van der Waals surface area contributed by atoms with Crippen LogP contribution in [0.25, 0.3) is 0 Å². The molecule has 5 nitrogen and oxygen atoms in total. The summed E-state index contributed by atoms with van der Waals surface area (Å²) in [5.41, 5.74) is 0.446. The highest BCUT2D eigenvalue weighted by Gasteiger charge is 2.27. The maximum Gasteiger partial charge on any atom is 0.274 e. The number of carbonyl (C=O) groups excluding carboxylic acids is 1. The maximum absolute atomic E-state index is 12.4. The first-order chi connectivity index (χ1) is 9.74. The Morgan fingerprint density at radius 3 is 2.65 bits per heavy atom. The number of rotatable bonds is 8. The summed E-state index contributed by atoms with van der Waals surface area (Å²) >= 11 is 0. The third-order valence-electron chi connectivity index (χ3n) is 3.38. The van der Waals surface area contributed by atoms with Crippen LogP contribution < -0.4 is 5.32 Å². The van der Waals surface area contributed by atoms with E-state index in [1.165, 1.54) is 12.8 Å². The summed E-state index contributed by atoms with van der Waals surface area (Å²) in [6, 6.07) is 0. The van der Waals surface area contributed by atoms with Crippen molar-refractivity contribution in [2.24, 2.45) is 5.92 Å². The molecule has 0 unspecified atom stereocenters. The molecule has 110 valence electrons. The first-order valence-corrected chi connectivity index (χ1v) is 7.59. The number of amides is 1. The van der Waals surface area contributed by atoms with Crippen LogP contribution in [0, 0.1) is 5.92 Å². The topological polar surface area (TPSA) is 58.1 Å². The molecule has 2 rings (SSSR count). The summed E-state index contributed by atoms with van der Waals surface area (Å²) in [6.45, 7) is 6.72. The van der Waals surface area contributed by atoms with Gasteiger partial charge in [0.25, 0.3) is 5.91 Å². The second kappa shape index (κ2) is 7.22. The van der Waals surface area contributed by atoms with Crippen LogP contribution in [-0.4, -0.2) is 40.4 Å². The molecule has 0 spiro atoms. The van der Waals surface area contributed by atoms with Gasteiger partial charge in [-0.25, -0.2) is 9.97 Å². The van der Waals surface area contributed by atoms with Crippen molar-refractivity contribution >= 4 is 11.7 Å².